The molecule has 2 aliphatic rings. The molecule has 3 heterocycles. The number of aryl methyl sites for hydroxylation is 3. The van der Waals surface area contributed by atoms with Crippen LogP contribution in [0.4, 0.5) is 0 Å². The highest BCUT2D eigenvalue weighted by atomic mass is 16.7. The maximum atomic E-state index is 13.0. The van der Waals surface area contributed by atoms with Gasteiger partial charge in [-0.25, -0.2) is 0 Å². The number of esters is 1. The predicted octanol–water partition coefficient (Wildman–Crippen LogP) is 8.65. The van der Waals surface area contributed by atoms with Gasteiger partial charge in [-0.05, 0) is 49.1 Å². The molecular weight excluding hydrogens is 526 g/mol. The Labute approximate surface area is 251 Å². The first kappa shape index (κ1) is 30.2. The summed E-state index contributed by atoms with van der Waals surface area (Å²) >= 11 is 0. The molecule has 2 aliphatic heterocycles. The smallest absolute Gasteiger partial charge is 0.311 e. The Kier molecular flexibility index (Phi) is 10.6. The Morgan fingerprint density at radius 1 is 0.857 bits per heavy atom. The number of fused-ring (bicyclic) bond motifs is 5. The molecule has 0 spiro atoms. The molecule has 6 nitrogen and oxygen atoms in total. The van der Waals surface area contributed by atoms with Gasteiger partial charge in [0.25, 0.3) is 0 Å². The van der Waals surface area contributed by atoms with Crippen LogP contribution in [0.5, 0.6) is 23.0 Å². The van der Waals surface area contributed by atoms with Crippen molar-refractivity contribution in [2.75, 3.05) is 13.9 Å². The second-order valence-electron chi connectivity index (χ2n) is 11.8. The fourth-order valence-electron chi connectivity index (χ4n) is 6.45. The molecule has 0 saturated heterocycles. The van der Waals surface area contributed by atoms with Crippen LogP contribution >= 0.6 is 0 Å². The quantitative estimate of drug-likeness (QED) is 0.0742. The molecule has 1 aromatic heterocycles. The van der Waals surface area contributed by atoms with Gasteiger partial charge < -0.3 is 18.9 Å². The van der Waals surface area contributed by atoms with Gasteiger partial charge in [-0.1, -0.05) is 78.1 Å². The highest BCUT2D eigenvalue weighted by Gasteiger charge is 2.32. The number of rotatable bonds is 16. The molecule has 6 heteroatoms. The Bertz CT molecular complexity index is 1380. The largest absolute Gasteiger partial charge is 0.493 e. The lowest BCUT2D eigenvalue weighted by Gasteiger charge is -2.21. The summed E-state index contributed by atoms with van der Waals surface area (Å²) in [7, 11) is 1.65. The monoisotopic (exact) mass is 574 g/mol. The van der Waals surface area contributed by atoms with Crippen LogP contribution in [0.3, 0.4) is 0 Å². The third kappa shape index (κ3) is 6.85. The lowest BCUT2D eigenvalue weighted by Crippen LogP contribution is -2.41. The second kappa shape index (κ2) is 14.8. The summed E-state index contributed by atoms with van der Waals surface area (Å²) in [4.78, 5) is 13.0. The van der Waals surface area contributed by atoms with Gasteiger partial charge in [0.05, 0.1) is 18.1 Å². The van der Waals surface area contributed by atoms with E-state index in [1.165, 1.54) is 73.8 Å². The van der Waals surface area contributed by atoms with Crippen molar-refractivity contribution in [3.8, 4) is 34.3 Å². The molecule has 0 fully saturated rings. The number of carbonyl (C=O) groups is 1. The highest BCUT2D eigenvalue weighted by molar-refractivity contribution is 5.96. The van der Waals surface area contributed by atoms with Gasteiger partial charge in [-0.2, -0.15) is 4.57 Å². The van der Waals surface area contributed by atoms with Crippen molar-refractivity contribution in [1.82, 2.24) is 0 Å². The Hall–Kier alpha value is -3.28. The minimum absolute atomic E-state index is 0.188. The van der Waals surface area contributed by atoms with Crippen molar-refractivity contribution >= 4 is 16.7 Å². The topological polar surface area (TPSA) is 57.9 Å². The summed E-state index contributed by atoms with van der Waals surface area (Å²) in [6.07, 6.45) is 18.7. The van der Waals surface area contributed by atoms with E-state index in [0.717, 1.165) is 67.3 Å². The lowest BCUT2D eigenvalue weighted by atomic mass is 9.89. The van der Waals surface area contributed by atoms with Crippen molar-refractivity contribution in [3.63, 3.8) is 0 Å². The minimum Gasteiger partial charge on any atom is -0.493 e. The summed E-state index contributed by atoms with van der Waals surface area (Å²) in [5.74, 6) is 2.61. The molecule has 226 valence electrons. The fourth-order valence-corrected chi connectivity index (χ4v) is 6.45. The van der Waals surface area contributed by atoms with E-state index in [1.54, 1.807) is 7.11 Å². The number of benzene rings is 2. The molecule has 0 unspecified atom stereocenters. The lowest BCUT2D eigenvalue weighted by molar-refractivity contribution is -0.686. The van der Waals surface area contributed by atoms with Crippen molar-refractivity contribution < 1.29 is 28.3 Å². The van der Waals surface area contributed by atoms with Gasteiger partial charge >= 0.3 is 5.97 Å². The van der Waals surface area contributed by atoms with Crippen LogP contribution in [-0.4, -0.2) is 19.9 Å². The number of hydrogen-bond donors (Lipinski definition) is 0. The zero-order valence-corrected chi connectivity index (χ0v) is 25.9. The van der Waals surface area contributed by atoms with Gasteiger partial charge in [-0.15, -0.1) is 0 Å². The van der Waals surface area contributed by atoms with Crippen LogP contribution in [0.2, 0.25) is 0 Å². The molecule has 5 rings (SSSR count). The van der Waals surface area contributed by atoms with Crippen LogP contribution in [0.25, 0.3) is 22.0 Å². The van der Waals surface area contributed by atoms with E-state index in [0.29, 0.717) is 17.9 Å². The van der Waals surface area contributed by atoms with E-state index in [1.807, 2.05) is 6.07 Å². The summed E-state index contributed by atoms with van der Waals surface area (Å²) in [6.45, 7) is 5.59. The van der Waals surface area contributed by atoms with Gasteiger partial charge in [0.1, 0.15) is 0 Å². The third-order valence-corrected chi connectivity index (χ3v) is 8.77. The number of aromatic nitrogens is 1. The SMILES string of the molecule is CCCCCCCCCc1c2[n+](cc3c(OC(=O)CCCCCCC)c(OC)ccc13)CCc1cc3c(cc1-2)OCO3. The maximum absolute atomic E-state index is 13.0. The molecule has 0 N–H and O–H groups in total. The van der Waals surface area contributed by atoms with E-state index >= 15 is 0 Å². The van der Waals surface area contributed by atoms with E-state index in [9.17, 15) is 4.79 Å². The number of unbranched alkanes of at least 4 members (excludes halogenated alkanes) is 10. The summed E-state index contributed by atoms with van der Waals surface area (Å²) in [5.41, 5.74) is 5.06. The normalized spacial score (nSPS) is 13.2. The van der Waals surface area contributed by atoms with Gasteiger partial charge in [0.2, 0.25) is 12.5 Å². The molecule has 0 atom stereocenters. The van der Waals surface area contributed by atoms with E-state index < -0.39 is 0 Å². The molecule has 42 heavy (non-hydrogen) atoms. The Morgan fingerprint density at radius 3 is 2.29 bits per heavy atom. The van der Waals surface area contributed by atoms with E-state index in [4.69, 9.17) is 18.9 Å². The highest BCUT2D eigenvalue weighted by Crippen LogP contribution is 2.44. The molecular formula is C36H48NO5+. The Morgan fingerprint density at radius 2 is 1.55 bits per heavy atom. The number of pyridine rings is 1. The third-order valence-electron chi connectivity index (χ3n) is 8.77. The molecule has 3 aromatic rings. The van der Waals surface area contributed by atoms with Gasteiger partial charge in [0, 0.05) is 23.8 Å². The van der Waals surface area contributed by atoms with Crippen LogP contribution in [-0.2, 0) is 24.2 Å². The molecule has 0 radical (unpaired) electrons. The first-order valence-corrected chi connectivity index (χ1v) is 16.3. The van der Waals surface area contributed by atoms with Gasteiger partial charge in [0.15, 0.2) is 35.7 Å². The van der Waals surface area contributed by atoms with Crippen molar-refractivity contribution in [2.45, 2.75) is 117 Å². The van der Waals surface area contributed by atoms with Crippen molar-refractivity contribution in [3.05, 3.63) is 41.6 Å². The zero-order valence-electron chi connectivity index (χ0n) is 25.9. The molecule has 0 bridgehead atoms. The van der Waals surface area contributed by atoms with Crippen LogP contribution in [0.1, 0.15) is 108 Å². The average Bonchev–Trinajstić information content (AvgIpc) is 3.46. The first-order chi connectivity index (χ1) is 20.6. The van der Waals surface area contributed by atoms with Crippen LogP contribution in [0.15, 0.2) is 30.5 Å². The van der Waals surface area contributed by atoms with Gasteiger partial charge in [-0.3, -0.25) is 4.79 Å². The predicted molar refractivity (Wildman–Crippen MR) is 167 cm³/mol. The standard InChI is InChI=1S/C36H48NO5/c1-4-6-8-10-11-13-14-16-28-27-18-19-31(39-3)36(42-34(38)17-15-12-9-7-5-2)30(27)24-37-21-20-26-22-32-33(41-25-40-32)23-29(26)35(28)37/h18-19,22-24H,4-17,20-21,25H2,1-3H3/q+1. The number of carbonyl (C=O) groups excluding carboxylic acids is 1. The zero-order chi connectivity index (χ0) is 29.3. The molecule has 2 aromatic carbocycles. The van der Waals surface area contributed by atoms with Crippen LogP contribution < -0.4 is 23.5 Å². The molecule has 0 saturated carbocycles. The summed E-state index contributed by atoms with van der Waals surface area (Å²) in [6, 6.07) is 8.42. The minimum atomic E-state index is -0.188. The van der Waals surface area contributed by atoms with E-state index in [-0.39, 0.29) is 12.8 Å². The maximum Gasteiger partial charge on any atom is 0.311 e. The number of methoxy groups -OCH3 is 1. The summed E-state index contributed by atoms with van der Waals surface area (Å²) < 4.78 is 25.7. The Balaban J connectivity index is 1.50. The second-order valence-corrected chi connectivity index (χ2v) is 11.8. The molecule has 0 aliphatic carbocycles. The molecule has 0 amide bonds. The number of nitrogens with zero attached hydrogens (tertiary/aromatic N) is 1. The van der Waals surface area contributed by atoms with Crippen molar-refractivity contribution in [1.29, 1.82) is 0 Å². The van der Waals surface area contributed by atoms with Crippen molar-refractivity contribution in [2.24, 2.45) is 0 Å². The summed E-state index contributed by atoms with van der Waals surface area (Å²) in [5, 5.41) is 2.07. The number of hydrogen-bond acceptors (Lipinski definition) is 5. The number of ether oxygens (including phenoxy) is 4. The average molecular weight is 575 g/mol. The fraction of sp³-hybridized carbons (Fsp3) is 0.556. The van der Waals surface area contributed by atoms with Crippen LogP contribution in [0, 0.1) is 0 Å². The van der Waals surface area contributed by atoms with E-state index in [2.05, 4.69) is 42.8 Å². The first-order valence-electron chi connectivity index (χ1n) is 16.3.